The molecule has 0 saturated heterocycles. The lowest BCUT2D eigenvalue weighted by atomic mass is 10.2. The van der Waals surface area contributed by atoms with Crippen LogP contribution in [0.15, 0.2) is 48.0 Å². The summed E-state index contributed by atoms with van der Waals surface area (Å²) in [5.41, 5.74) is 4.03. The van der Waals surface area contributed by atoms with E-state index in [1.807, 2.05) is 49.6 Å². The zero-order valence-electron chi connectivity index (χ0n) is 13.7. The van der Waals surface area contributed by atoms with E-state index in [0.29, 0.717) is 6.54 Å². The maximum Gasteiger partial charge on any atom is 0.241 e. The summed E-state index contributed by atoms with van der Waals surface area (Å²) in [5, 5.41) is 15.3. The van der Waals surface area contributed by atoms with Gasteiger partial charge in [0.15, 0.2) is 0 Å². The molecule has 2 heterocycles. The van der Waals surface area contributed by atoms with Crippen LogP contribution in [0.2, 0.25) is 0 Å². The van der Waals surface area contributed by atoms with Gasteiger partial charge in [0.1, 0.15) is 0 Å². The molecule has 6 heteroatoms. The fraction of sp³-hybridized carbons (Fsp3) is 0.222. The number of nitrogens with one attached hydrogen (secondary N) is 3. The SMILES string of the molecule is Cc1ccc(NC(=O)C(C)NCc2cn[nH]c2-c2cccs2)cc1. The number of rotatable bonds is 6. The van der Waals surface area contributed by atoms with E-state index in [1.165, 1.54) is 5.56 Å². The van der Waals surface area contributed by atoms with E-state index in [2.05, 4.69) is 26.9 Å². The Hall–Kier alpha value is -2.44. The molecule has 0 bridgehead atoms. The molecule has 0 spiro atoms. The second-order valence-corrected chi connectivity index (χ2v) is 6.65. The molecule has 24 heavy (non-hydrogen) atoms. The smallest absolute Gasteiger partial charge is 0.241 e. The summed E-state index contributed by atoms with van der Waals surface area (Å²) < 4.78 is 0. The molecule has 2 aromatic heterocycles. The molecule has 124 valence electrons. The number of aromatic amines is 1. The zero-order valence-corrected chi connectivity index (χ0v) is 14.5. The van der Waals surface area contributed by atoms with Crippen molar-refractivity contribution in [3.63, 3.8) is 0 Å². The Morgan fingerprint density at radius 1 is 1.29 bits per heavy atom. The van der Waals surface area contributed by atoms with Gasteiger partial charge in [-0.3, -0.25) is 9.89 Å². The van der Waals surface area contributed by atoms with Crippen LogP contribution in [0.1, 0.15) is 18.1 Å². The molecule has 1 unspecified atom stereocenters. The van der Waals surface area contributed by atoms with Crippen molar-refractivity contribution < 1.29 is 4.79 Å². The number of anilines is 1. The van der Waals surface area contributed by atoms with Gasteiger partial charge in [-0.15, -0.1) is 11.3 Å². The van der Waals surface area contributed by atoms with Crippen LogP contribution >= 0.6 is 11.3 Å². The van der Waals surface area contributed by atoms with Gasteiger partial charge in [-0.1, -0.05) is 23.8 Å². The van der Waals surface area contributed by atoms with Gasteiger partial charge in [0.25, 0.3) is 0 Å². The molecule has 3 N–H and O–H groups in total. The summed E-state index contributed by atoms with van der Waals surface area (Å²) in [5.74, 6) is -0.0555. The minimum Gasteiger partial charge on any atom is -0.325 e. The van der Waals surface area contributed by atoms with Gasteiger partial charge >= 0.3 is 0 Å². The molecule has 0 saturated carbocycles. The topological polar surface area (TPSA) is 69.8 Å². The normalized spacial score (nSPS) is 12.1. The van der Waals surface area contributed by atoms with Gasteiger partial charge in [0, 0.05) is 17.8 Å². The van der Waals surface area contributed by atoms with Crippen molar-refractivity contribution in [2.45, 2.75) is 26.4 Å². The number of thiophene rings is 1. The summed E-state index contributed by atoms with van der Waals surface area (Å²) in [6, 6.07) is 11.5. The first-order valence-electron chi connectivity index (χ1n) is 7.80. The van der Waals surface area contributed by atoms with Crippen molar-refractivity contribution in [3.8, 4) is 10.6 Å². The highest BCUT2D eigenvalue weighted by molar-refractivity contribution is 7.13. The lowest BCUT2D eigenvalue weighted by molar-refractivity contribution is -0.117. The number of nitrogens with zero attached hydrogens (tertiary/aromatic N) is 1. The largest absolute Gasteiger partial charge is 0.325 e. The molecule has 0 aliphatic rings. The van der Waals surface area contributed by atoms with Crippen molar-refractivity contribution in [1.82, 2.24) is 15.5 Å². The van der Waals surface area contributed by atoms with E-state index in [1.54, 1.807) is 17.5 Å². The fourth-order valence-electron chi connectivity index (χ4n) is 2.32. The lowest BCUT2D eigenvalue weighted by Crippen LogP contribution is -2.37. The minimum absolute atomic E-state index is 0.0555. The number of carbonyl (C=O) groups excluding carboxylic acids is 1. The maximum absolute atomic E-state index is 12.3. The van der Waals surface area contributed by atoms with E-state index in [9.17, 15) is 4.79 Å². The minimum atomic E-state index is -0.308. The van der Waals surface area contributed by atoms with Crippen molar-refractivity contribution in [1.29, 1.82) is 0 Å². The third-order valence-corrected chi connectivity index (χ3v) is 4.68. The second kappa shape index (κ2) is 7.42. The molecule has 1 aromatic carbocycles. The van der Waals surface area contributed by atoms with Crippen molar-refractivity contribution >= 4 is 22.9 Å². The Bertz CT molecular complexity index is 793. The molecular weight excluding hydrogens is 320 g/mol. The Morgan fingerprint density at radius 2 is 2.08 bits per heavy atom. The van der Waals surface area contributed by atoms with Gasteiger partial charge in [0.2, 0.25) is 5.91 Å². The highest BCUT2D eigenvalue weighted by Gasteiger charge is 2.14. The Balaban J connectivity index is 1.57. The number of hydrogen-bond acceptors (Lipinski definition) is 4. The molecule has 3 rings (SSSR count). The number of amides is 1. The monoisotopic (exact) mass is 340 g/mol. The summed E-state index contributed by atoms with van der Waals surface area (Å²) in [6.07, 6.45) is 1.80. The molecular formula is C18H20N4OS. The van der Waals surface area contributed by atoms with Crippen LogP contribution in [0.25, 0.3) is 10.6 Å². The Kier molecular flexibility index (Phi) is 5.08. The average molecular weight is 340 g/mol. The lowest BCUT2D eigenvalue weighted by Gasteiger charge is -2.14. The van der Waals surface area contributed by atoms with Gasteiger partial charge in [0.05, 0.1) is 22.8 Å². The van der Waals surface area contributed by atoms with Gasteiger partial charge in [-0.05, 0) is 37.4 Å². The quantitative estimate of drug-likeness (QED) is 0.642. The second-order valence-electron chi connectivity index (χ2n) is 5.71. The summed E-state index contributed by atoms with van der Waals surface area (Å²) in [6.45, 7) is 4.45. The third-order valence-electron chi connectivity index (χ3n) is 3.80. The maximum atomic E-state index is 12.3. The number of aryl methyl sites for hydroxylation is 1. The summed E-state index contributed by atoms with van der Waals surface area (Å²) in [4.78, 5) is 13.4. The highest BCUT2D eigenvalue weighted by atomic mass is 32.1. The molecule has 1 amide bonds. The van der Waals surface area contributed by atoms with Crippen molar-refractivity contribution in [2.24, 2.45) is 0 Å². The summed E-state index contributed by atoms with van der Waals surface area (Å²) >= 11 is 1.66. The van der Waals surface area contributed by atoms with Crippen molar-refractivity contribution in [2.75, 3.05) is 5.32 Å². The first-order chi connectivity index (χ1) is 11.6. The number of hydrogen-bond donors (Lipinski definition) is 3. The number of aromatic nitrogens is 2. The van der Waals surface area contributed by atoms with Crippen LogP contribution in [0.5, 0.6) is 0 Å². The van der Waals surface area contributed by atoms with E-state index in [0.717, 1.165) is 21.8 Å². The predicted molar refractivity (Wildman–Crippen MR) is 98.0 cm³/mol. The van der Waals surface area contributed by atoms with Gasteiger partial charge in [-0.2, -0.15) is 5.10 Å². The Labute approximate surface area is 145 Å². The van der Waals surface area contributed by atoms with Crippen molar-refractivity contribution in [3.05, 3.63) is 59.1 Å². The first-order valence-corrected chi connectivity index (χ1v) is 8.68. The van der Waals surface area contributed by atoms with Crippen LogP contribution in [0, 0.1) is 6.92 Å². The fourth-order valence-corrected chi connectivity index (χ4v) is 3.08. The molecule has 5 nitrogen and oxygen atoms in total. The zero-order chi connectivity index (χ0) is 16.9. The molecule has 0 aliphatic heterocycles. The Morgan fingerprint density at radius 3 is 2.79 bits per heavy atom. The van der Waals surface area contributed by atoms with E-state index < -0.39 is 0 Å². The molecule has 3 aromatic rings. The van der Waals surface area contributed by atoms with E-state index in [4.69, 9.17) is 0 Å². The summed E-state index contributed by atoms with van der Waals surface area (Å²) in [7, 11) is 0. The number of carbonyl (C=O) groups is 1. The third kappa shape index (κ3) is 3.90. The standard InChI is InChI=1S/C18H20N4OS/c1-12-5-7-15(8-6-12)21-18(23)13(2)19-10-14-11-20-22-17(14)16-4-3-9-24-16/h3-9,11,13,19H,10H2,1-2H3,(H,20,22)(H,21,23). The molecule has 0 radical (unpaired) electrons. The average Bonchev–Trinajstić information content (AvgIpc) is 3.25. The molecule has 1 atom stereocenters. The first kappa shape index (κ1) is 16.4. The number of benzene rings is 1. The van der Waals surface area contributed by atoms with E-state index in [-0.39, 0.29) is 11.9 Å². The van der Waals surface area contributed by atoms with Gasteiger partial charge in [-0.25, -0.2) is 0 Å². The van der Waals surface area contributed by atoms with Crippen LogP contribution < -0.4 is 10.6 Å². The van der Waals surface area contributed by atoms with Crippen LogP contribution in [0.4, 0.5) is 5.69 Å². The van der Waals surface area contributed by atoms with E-state index >= 15 is 0 Å². The predicted octanol–water partition coefficient (Wildman–Crippen LogP) is 3.56. The van der Waals surface area contributed by atoms with Crippen LogP contribution in [-0.4, -0.2) is 22.1 Å². The molecule has 0 aliphatic carbocycles. The number of H-pyrrole nitrogens is 1. The van der Waals surface area contributed by atoms with Crippen LogP contribution in [0.3, 0.4) is 0 Å². The highest BCUT2D eigenvalue weighted by Crippen LogP contribution is 2.25. The van der Waals surface area contributed by atoms with Gasteiger partial charge < -0.3 is 10.6 Å². The van der Waals surface area contributed by atoms with Crippen LogP contribution in [-0.2, 0) is 11.3 Å². The molecule has 0 fully saturated rings.